The Morgan fingerprint density at radius 2 is 1.89 bits per heavy atom. The quantitative estimate of drug-likeness (QED) is 0.630. The highest BCUT2D eigenvalue weighted by Gasteiger charge is 2.41. The number of rotatable bonds is 5. The molecule has 1 aromatic heterocycles. The molecule has 3 nitrogen and oxygen atoms in total. The summed E-state index contributed by atoms with van der Waals surface area (Å²) in [5, 5.41) is 4.78. The van der Waals surface area contributed by atoms with E-state index in [1.165, 1.54) is 12.0 Å². The minimum atomic E-state index is -4.05. The molecular formula is C21H32F3N3. The third-order valence-electron chi connectivity index (χ3n) is 6.05. The van der Waals surface area contributed by atoms with Crippen LogP contribution >= 0.6 is 0 Å². The van der Waals surface area contributed by atoms with Gasteiger partial charge in [-0.1, -0.05) is 18.6 Å². The summed E-state index contributed by atoms with van der Waals surface area (Å²) in [5.41, 5.74) is 3.57. The molecule has 0 spiro atoms. The van der Waals surface area contributed by atoms with Gasteiger partial charge in [-0.05, 0) is 64.5 Å². The van der Waals surface area contributed by atoms with Crippen molar-refractivity contribution in [3.63, 3.8) is 0 Å². The van der Waals surface area contributed by atoms with Gasteiger partial charge in [0.1, 0.15) is 0 Å². The first-order valence-corrected chi connectivity index (χ1v) is 10.4. The summed E-state index contributed by atoms with van der Waals surface area (Å²) >= 11 is 0. The van der Waals surface area contributed by atoms with Gasteiger partial charge in [0.25, 0.3) is 0 Å². The minimum absolute atomic E-state index is 0.112. The van der Waals surface area contributed by atoms with Crippen LogP contribution in [-0.4, -0.2) is 40.5 Å². The average molecular weight is 384 g/mol. The molecule has 0 N–H and O–H groups in total. The van der Waals surface area contributed by atoms with Crippen LogP contribution in [0.2, 0.25) is 0 Å². The Hall–Kier alpha value is -1.30. The standard InChI is InChI=1S/C21H32F3N3/c1-3-11-26-12-4-5-17(10-13-26)15-19-14-16(2)27(25-19)20-8-6-18(7-9-20)21(22,23)24/h5,14,18,20H,3-4,6-13,15H2,1-2H3. The van der Waals surface area contributed by atoms with E-state index in [1.54, 1.807) is 0 Å². The van der Waals surface area contributed by atoms with E-state index in [4.69, 9.17) is 5.10 Å². The summed E-state index contributed by atoms with van der Waals surface area (Å²) in [6, 6.07) is 2.23. The molecule has 0 unspecified atom stereocenters. The van der Waals surface area contributed by atoms with Gasteiger partial charge in [0.2, 0.25) is 0 Å². The van der Waals surface area contributed by atoms with Crippen molar-refractivity contribution in [1.29, 1.82) is 0 Å². The van der Waals surface area contributed by atoms with Gasteiger partial charge >= 0.3 is 6.18 Å². The molecule has 0 atom stereocenters. The smallest absolute Gasteiger partial charge is 0.303 e. The van der Waals surface area contributed by atoms with Crippen molar-refractivity contribution in [3.8, 4) is 0 Å². The van der Waals surface area contributed by atoms with E-state index >= 15 is 0 Å². The SMILES string of the molecule is CCCN1CCC=C(Cc2cc(C)n(C3CCC(C(F)(F)F)CC3)n2)CC1. The van der Waals surface area contributed by atoms with E-state index < -0.39 is 12.1 Å². The average Bonchev–Trinajstić information content (AvgIpc) is 2.83. The van der Waals surface area contributed by atoms with Crippen LogP contribution in [0.25, 0.3) is 0 Å². The number of alkyl halides is 3. The largest absolute Gasteiger partial charge is 0.391 e. The first-order chi connectivity index (χ1) is 12.9. The molecule has 0 saturated heterocycles. The van der Waals surface area contributed by atoms with Gasteiger partial charge in [-0.3, -0.25) is 4.68 Å². The van der Waals surface area contributed by atoms with Gasteiger partial charge in [0, 0.05) is 25.2 Å². The van der Waals surface area contributed by atoms with E-state index in [-0.39, 0.29) is 18.9 Å². The molecule has 2 aliphatic rings. The summed E-state index contributed by atoms with van der Waals surface area (Å²) < 4.78 is 40.7. The van der Waals surface area contributed by atoms with Crippen molar-refractivity contribution >= 4 is 0 Å². The summed E-state index contributed by atoms with van der Waals surface area (Å²) in [6.45, 7) is 7.65. The van der Waals surface area contributed by atoms with E-state index in [9.17, 15) is 13.2 Å². The van der Waals surface area contributed by atoms with Crippen LogP contribution in [0.1, 0.15) is 69.3 Å². The fourth-order valence-electron chi connectivity index (χ4n) is 4.56. The third-order valence-corrected chi connectivity index (χ3v) is 6.05. The Labute approximate surface area is 160 Å². The van der Waals surface area contributed by atoms with Crippen molar-refractivity contribution in [2.24, 2.45) is 5.92 Å². The second-order valence-electron chi connectivity index (χ2n) is 8.19. The molecule has 1 fully saturated rings. The molecule has 27 heavy (non-hydrogen) atoms. The van der Waals surface area contributed by atoms with E-state index in [2.05, 4.69) is 24.0 Å². The molecule has 3 rings (SSSR count). The maximum absolute atomic E-state index is 12.9. The fourth-order valence-corrected chi connectivity index (χ4v) is 4.56. The zero-order valence-electron chi connectivity index (χ0n) is 16.6. The van der Waals surface area contributed by atoms with E-state index in [1.807, 2.05) is 11.6 Å². The summed E-state index contributed by atoms with van der Waals surface area (Å²) in [4.78, 5) is 2.52. The van der Waals surface area contributed by atoms with Gasteiger partial charge in [0.15, 0.2) is 0 Å². The Kier molecular flexibility index (Phi) is 6.66. The normalized spacial score (nSPS) is 25.3. The van der Waals surface area contributed by atoms with Gasteiger partial charge in [-0.15, -0.1) is 0 Å². The van der Waals surface area contributed by atoms with Crippen molar-refractivity contribution in [1.82, 2.24) is 14.7 Å². The number of nitrogens with zero attached hydrogens (tertiary/aromatic N) is 3. The number of halogens is 3. The number of aryl methyl sites for hydroxylation is 1. The fraction of sp³-hybridized carbons (Fsp3) is 0.762. The van der Waals surface area contributed by atoms with Gasteiger partial charge in [-0.25, -0.2) is 0 Å². The van der Waals surface area contributed by atoms with Crippen molar-refractivity contribution in [3.05, 3.63) is 29.1 Å². The molecule has 1 aromatic rings. The van der Waals surface area contributed by atoms with Gasteiger partial charge < -0.3 is 4.90 Å². The Morgan fingerprint density at radius 1 is 1.15 bits per heavy atom. The number of hydrogen-bond donors (Lipinski definition) is 0. The van der Waals surface area contributed by atoms with Gasteiger partial charge in [-0.2, -0.15) is 18.3 Å². The second kappa shape index (κ2) is 8.80. The maximum Gasteiger partial charge on any atom is 0.391 e. The summed E-state index contributed by atoms with van der Waals surface area (Å²) in [7, 11) is 0. The van der Waals surface area contributed by atoms with E-state index in [0.717, 1.165) is 50.3 Å². The van der Waals surface area contributed by atoms with Crippen LogP contribution < -0.4 is 0 Å². The van der Waals surface area contributed by atoms with Crippen molar-refractivity contribution in [2.75, 3.05) is 19.6 Å². The Morgan fingerprint density at radius 3 is 2.56 bits per heavy atom. The molecule has 0 aromatic carbocycles. The highest BCUT2D eigenvalue weighted by atomic mass is 19.4. The summed E-state index contributed by atoms with van der Waals surface area (Å²) in [5.74, 6) is -1.13. The lowest BCUT2D eigenvalue weighted by Gasteiger charge is -2.30. The molecule has 0 radical (unpaired) electrons. The molecule has 1 saturated carbocycles. The Bertz CT molecular complexity index is 640. The molecule has 0 bridgehead atoms. The maximum atomic E-state index is 12.9. The third kappa shape index (κ3) is 5.37. The van der Waals surface area contributed by atoms with Gasteiger partial charge in [0.05, 0.1) is 17.7 Å². The first kappa shape index (κ1) is 20.4. The molecule has 6 heteroatoms. The van der Waals surface area contributed by atoms with Crippen LogP contribution in [0.4, 0.5) is 13.2 Å². The topological polar surface area (TPSA) is 21.1 Å². The minimum Gasteiger partial charge on any atom is -0.303 e. The Balaban J connectivity index is 1.58. The zero-order chi connectivity index (χ0) is 19.4. The molecule has 0 amide bonds. The lowest BCUT2D eigenvalue weighted by Crippen LogP contribution is -2.29. The molecule has 2 heterocycles. The highest BCUT2D eigenvalue weighted by molar-refractivity contribution is 5.19. The lowest BCUT2D eigenvalue weighted by atomic mass is 9.85. The molecule has 1 aliphatic heterocycles. The number of aromatic nitrogens is 2. The predicted octanol–water partition coefficient (Wildman–Crippen LogP) is 5.46. The van der Waals surface area contributed by atoms with Crippen LogP contribution in [0.5, 0.6) is 0 Å². The van der Waals surface area contributed by atoms with Crippen LogP contribution in [0.15, 0.2) is 17.7 Å². The molecular weight excluding hydrogens is 351 g/mol. The second-order valence-corrected chi connectivity index (χ2v) is 8.19. The van der Waals surface area contributed by atoms with Crippen LogP contribution in [0.3, 0.4) is 0 Å². The van der Waals surface area contributed by atoms with Crippen LogP contribution in [-0.2, 0) is 6.42 Å². The summed E-state index contributed by atoms with van der Waals surface area (Å²) in [6.07, 6.45) is 4.13. The zero-order valence-corrected chi connectivity index (χ0v) is 16.6. The number of hydrogen-bond acceptors (Lipinski definition) is 2. The lowest BCUT2D eigenvalue weighted by molar-refractivity contribution is -0.183. The first-order valence-electron chi connectivity index (χ1n) is 10.4. The molecule has 152 valence electrons. The molecule has 1 aliphatic carbocycles. The monoisotopic (exact) mass is 383 g/mol. The van der Waals surface area contributed by atoms with Crippen molar-refractivity contribution < 1.29 is 13.2 Å². The van der Waals surface area contributed by atoms with E-state index in [0.29, 0.717) is 12.8 Å². The van der Waals surface area contributed by atoms with Crippen molar-refractivity contribution in [2.45, 2.75) is 77.4 Å². The predicted molar refractivity (Wildman–Crippen MR) is 102 cm³/mol. The highest BCUT2D eigenvalue weighted by Crippen LogP contribution is 2.41. The van der Waals surface area contributed by atoms with Crippen LogP contribution in [0, 0.1) is 12.8 Å².